The second-order valence-electron chi connectivity index (χ2n) is 6.56. The molecule has 2 aromatic heterocycles. The Labute approximate surface area is 126 Å². The van der Waals surface area contributed by atoms with Crippen molar-refractivity contribution in [2.24, 2.45) is 0 Å². The summed E-state index contributed by atoms with van der Waals surface area (Å²) in [6.07, 6.45) is 2.03. The Kier molecular flexibility index (Phi) is 4.54. The molecule has 0 fully saturated rings. The van der Waals surface area contributed by atoms with Crippen molar-refractivity contribution in [3.05, 3.63) is 30.1 Å². The zero-order valence-corrected chi connectivity index (χ0v) is 13.6. The molecule has 21 heavy (non-hydrogen) atoms. The van der Waals surface area contributed by atoms with Gasteiger partial charge in [-0.15, -0.1) is 0 Å². The minimum absolute atomic E-state index is 0.0308. The van der Waals surface area contributed by atoms with Crippen LogP contribution in [-0.4, -0.2) is 39.7 Å². The first-order valence-corrected chi connectivity index (χ1v) is 7.38. The predicted octanol–water partition coefficient (Wildman–Crippen LogP) is 2.04. The second-order valence-corrected chi connectivity index (χ2v) is 6.56. The zero-order valence-electron chi connectivity index (χ0n) is 13.6. The van der Waals surface area contributed by atoms with E-state index in [-0.39, 0.29) is 18.2 Å². The molecule has 0 aliphatic heterocycles. The van der Waals surface area contributed by atoms with Crippen LogP contribution in [0.15, 0.2) is 24.4 Å². The summed E-state index contributed by atoms with van der Waals surface area (Å²) in [7, 11) is 1.98. The van der Waals surface area contributed by atoms with E-state index in [1.54, 1.807) is 0 Å². The van der Waals surface area contributed by atoms with Crippen molar-refractivity contribution in [3.63, 3.8) is 0 Å². The quantitative estimate of drug-likeness (QED) is 0.885. The topological polar surface area (TPSA) is 52.8 Å². The van der Waals surface area contributed by atoms with Crippen molar-refractivity contribution in [2.75, 3.05) is 18.6 Å². The first kappa shape index (κ1) is 15.8. The van der Waals surface area contributed by atoms with Crippen LogP contribution in [0.5, 0.6) is 0 Å². The molecular weight excluding hydrogens is 264 g/mol. The number of hydrogen-bond acceptors (Lipinski definition) is 4. The molecule has 2 N–H and O–H groups in total. The summed E-state index contributed by atoms with van der Waals surface area (Å²) in [4.78, 5) is 6.75. The SMILES string of the molecule is CC(CO)N(C)c1nc2ccccn2c1CNC(C)(C)C. The highest BCUT2D eigenvalue weighted by Gasteiger charge is 2.20. The summed E-state index contributed by atoms with van der Waals surface area (Å²) < 4.78 is 2.11. The number of rotatable bonds is 5. The fourth-order valence-corrected chi connectivity index (χ4v) is 2.16. The number of aliphatic hydroxyl groups excluding tert-OH is 1. The lowest BCUT2D eigenvalue weighted by Crippen LogP contribution is -2.37. The van der Waals surface area contributed by atoms with Crippen LogP contribution in [0.2, 0.25) is 0 Å². The standard InChI is InChI=1S/C16H26N4O/c1-12(11-21)19(5)15-13(10-17-16(2,3)4)20-9-7-6-8-14(20)18-15/h6-9,12,17,21H,10-11H2,1-5H3. The van der Waals surface area contributed by atoms with Gasteiger partial charge in [-0.05, 0) is 39.8 Å². The molecule has 116 valence electrons. The van der Waals surface area contributed by atoms with Gasteiger partial charge in [-0.3, -0.25) is 0 Å². The third kappa shape index (κ3) is 3.54. The van der Waals surface area contributed by atoms with Crippen LogP contribution < -0.4 is 10.2 Å². The maximum Gasteiger partial charge on any atom is 0.152 e. The molecule has 1 atom stereocenters. The van der Waals surface area contributed by atoms with Crippen LogP contribution in [0.25, 0.3) is 5.65 Å². The van der Waals surface area contributed by atoms with Gasteiger partial charge in [-0.1, -0.05) is 6.07 Å². The number of aliphatic hydroxyl groups is 1. The van der Waals surface area contributed by atoms with Gasteiger partial charge in [-0.2, -0.15) is 0 Å². The zero-order chi connectivity index (χ0) is 15.6. The van der Waals surface area contributed by atoms with Crippen molar-refractivity contribution in [2.45, 2.75) is 45.8 Å². The fourth-order valence-electron chi connectivity index (χ4n) is 2.16. The Balaban J connectivity index is 2.43. The maximum absolute atomic E-state index is 9.40. The molecule has 0 spiro atoms. The minimum Gasteiger partial charge on any atom is -0.394 e. The van der Waals surface area contributed by atoms with E-state index in [4.69, 9.17) is 4.98 Å². The molecule has 0 aliphatic carbocycles. The lowest BCUT2D eigenvalue weighted by atomic mass is 10.1. The molecule has 5 nitrogen and oxygen atoms in total. The van der Waals surface area contributed by atoms with Crippen LogP contribution in [0.1, 0.15) is 33.4 Å². The molecule has 0 saturated heterocycles. The highest BCUT2D eigenvalue weighted by atomic mass is 16.3. The Hall–Kier alpha value is -1.59. The minimum atomic E-state index is 0.0308. The summed E-state index contributed by atoms with van der Waals surface area (Å²) in [6, 6.07) is 6.03. The number of nitrogens with one attached hydrogen (secondary N) is 1. The fraction of sp³-hybridized carbons (Fsp3) is 0.562. The molecule has 0 radical (unpaired) electrons. The van der Waals surface area contributed by atoms with E-state index in [0.717, 1.165) is 23.7 Å². The van der Waals surface area contributed by atoms with Gasteiger partial charge in [0.25, 0.3) is 0 Å². The molecule has 0 bridgehead atoms. The Morgan fingerprint density at radius 2 is 2.10 bits per heavy atom. The monoisotopic (exact) mass is 290 g/mol. The number of hydrogen-bond donors (Lipinski definition) is 2. The van der Waals surface area contributed by atoms with Gasteiger partial charge in [0.15, 0.2) is 5.82 Å². The maximum atomic E-state index is 9.40. The highest BCUT2D eigenvalue weighted by molar-refractivity contribution is 5.56. The first-order valence-electron chi connectivity index (χ1n) is 7.38. The van der Waals surface area contributed by atoms with E-state index in [2.05, 4.69) is 30.5 Å². The van der Waals surface area contributed by atoms with Crippen LogP contribution in [0.4, 0.5) is 5.82 Å². The highest BCUT2D eigenvalue weighted by Crippen LogP contribution is 2.23. The van der Waals surface area contributed by atoms with E-state index in [1.165, 1.54) is 0 Å². The molecular formula is C16H26N4O. The Morgan fingerprint density at radius 3 is 2.71 bits per heavy atom. The first-order chi connectivity index (χ1) is 9.83. The van der Waals surface area contributed by atoms with E-state index >= 15 is 0 Å². The van der Waals surface area contributed by atoms with Crippen LogP contribution in [0.3, 0.4) is 0 Å². The van der Waals surface area contributed by atoms with Crippen molar-refractivity contribution < 1.29 is 5.11 Å². The molecule has 2 aromatic rings. The van der Waals surface area contributed by atoms with E-state index in [0.29, 0.717) is 0 Å². The Morgan fingerprint density at radius 1 is 1.38 bits per heavy atom. The lowest BCUT2D eigenvalue weighted by molar-refractivity contribution is 0.269. The van der Waals surface area contributed by atoms with Crippen molar-refractivity contribution in [3.8, 4) is 0 Å². The third-order valence-electron chi connectivity index (χ3n) is 3.65. The molecule has 2 rings (SSSR count). The number of pyridine rings is 1. The average molecular weight is 290 g/mol. The molecule has 2 heterocycles. The van der Waals surface area contributed by atoms with Gasteiger partial charge in [0.05, 0.1) is 18.3 Å². The van der Waals surface area contributed by atoms with Gasteiger partial charge in [0.1, 0.15) is 5.65 Å². The molecule has 0 aromatic carbocycles. The average Bonchev–Trinajstić information content (AvgIpc) is 2.81. The molecule has 0 saturated carbocycles. The summed E-state index contributed by atoms with van der Waals surface area (Å²) >= 11 is 0. The molecule has 0 amide bonds. The number of likely N-dealkylation sites (N-methyl/N-ethyl adjacent to an activating group) is 1. The molecule has 5 heteroatoms. The number of anilines is 1. The van der Waals surface area contributed by atoms with Crippen molar-refractivity contribution >= 4 is 11.5 Å². The number of aromatic nitrogens is 2. The number of fused-ring (bicyclic) bond motifs is 1. The smallest absolute Gasteiger partial charge is 0.152 e. The van der Waals surface area contributed by atoms with Gasteiger partial charge in [0, 0.05) is 25.3 Å². The van der Waals surface area contributed by atoms with E-state index in [1.807, 2.05) is 43.3 Å². The summed E-state index contributed by atoms with van der Waals surface area (Å²) in [5, 5.41) is 12.9. The lowest BCUT2D eigenvalue weighted by Gasteiger charge is -2.26. The van der Waals surface area contributed by atoms with Gasteiger partial charge in [-0.25, -0.2) is 4.98 Å². The van der Waals surface area contributed by atoms with Gasteiger partial charge >= 0.3 is 0 Å². The van der Waals surface area contributed by atoms with Gasteiger partial charge in [0.2, 0.25) is 0 Å². The van der Waals surface area contributed by atoms with E-state index in [9.17, 15) is 5.11 Å². The third-order valence-corrected chi connectivity index (χ3v) is 3.65. The van der Waals surface area contributed by atoms with Crippen molar-refractivity contribution in [1.29, 1.82) is 0 Å². The van der Waals surface area contributed by atoms with Gasteiger partial charge < -0.3 is 19.7 Å². The summed E-state index contributed by atoms with van der Waals surface area (Å²) in [6.45, 7) is 9.27. The van der Waals surface area contributed by atoms with Crippen molar-refractivity contribution in [1.82, 2.24) is 14.7 Å². The number of nitrogens with zero attached hydrogens (tertiary/aromatic N) is 3. The normalized spacial score (nSPS) is 13.6. The van der Waals surface area contributed by atoms with Crippen LogP contribution in [-0.2, 0) is 6.54 Å². The Bertz CT molecular complexity index is 600. The largest absolute Gasteiger partial charge is 0.394 e. The molecule has 1 unspecified atom stereocenters. The number of imidazole rings is 1. The van der Waals surface area contributed by atoms with Crippen LogP contribution in [0, 0.1) is 0 Å². The second kappa shape index (κ2) is 6.03. The van der Waals surface area contributed by atoms with E-state index < -0.39 is 0 Å². The summed E-state index contributed by atoms with van der Waals surface area (Å²) in [5.41, 5.74) is 2.08. The molecule has 0 aliphatic rings. The summed E-state index contributed by atoms with van der Waals surface area (Å²) in [5.74, 6) is 0.916. The predicted molar refractivity (Wildman–Crippen MR) is 86.7 cm³/mol. The van der Waals surface area contributed by atoms with Crippen LogP contribution >= 0.6 is 0 Å².